The van der Waals surface area contributed by atoms with Crippen LogP contribution in [0.4, 0.5) is 0 Å². The number of carbonyl (C=O) groups is 5. The smallest absolute Gasteiger partial charge is 0.190 e. The van der Waals surface area contributed by atoms with Crippen LogP contribution in [0.2, 0.25) is 0 Å². The Morgan fingerprint density at radius 1 is 1.05 bits per heavy atom. The van der Waals surface area contributed by atoms with E-state index in [2.05, 4.69) is 11.8 Å². The van der Waals surface area contributed by atoms with E-state index in [4.69, 9.17) is 0 Å². The van der Waals surface area contributed by atoms with Crippen LogP contribution in [-0.4, -0.2) is 44.7 Å². The Balaban J connectivity index is 1.98. The number of phenolic OH excluding ortho intramolecular Hbond substituents is 1. The largest absolute Gasteiger partial charge is 0.506 e. The molecule has 6 atom stereocenters. The first-order chi connectivity index (χ1) is 18.8. The second-order valence-corrected chi connectivity index (χ2v) is 14.1. The number of aliphatic hydroxyl groups is 1. The number of Topliss-reactive ketones (excluding diaryl/α,β-unsaturated/α-hetero) is 5. The Hall–Kier alpha value is -3.11. The van der Waals surface area contributed by atoms with Gasteiger partial charge < -0.3 is 10.2 Å². The molecule has 7 nitrogen and oxygen atoms in total. The first kappa shape index (κ1) is 30.8. The molecule has 4 rings (SSSR count). The molecular weight excluding hydrogens is 520 g/mol. The van der Waals surface area contributed by atoms with Gasteiger partial charge >= 0.3 is 0 Å². The maximum atomic E-state index is 14.4. The van der Waals surface area contributed by atoms with E-state index in [0.717, 1.165) is 12.5 Å². The number of rotatable bonds is 4. The second kappa shape index (κ2) is 10.0. The van der Waals surface area contributed by atoms with Crippen molar-refractivity contribution in [2.45, 2.75) is 93.1 Å². The van der Waals surface area contributed by atoms with Gasteiger partial charge in [0.1, 0.15) is 17.5 Å². The number of fused-ring (bicyclic) bond motifs is 3. The lowest BCUT2D eigenvalue weighted by molar-refractivity contribution is -0.205. The van der Waals surface area contributed by atoms with Crippen molar-refractivity contribution in [3.05, 3.63) is 28.3 Å². The number of benzene rings is 1. The fraction of sp³-hybridized carbons (Fsp3) is 0.618. The summed E-state index contributed by atoms with van der Waals surface area (Å²) in [6.07, 6.45) is 0.874. The van der Waals surface area contributed by atoms with E-state index in [9.17, 15) is 34.2 Å². The molecule has 0 spiro atoms. The van der Waals surface area contributed by atoms with E-state index < -0.39 is 63.1 Å². The molecule has 0 radical (unpaired) electrons. The fourth-order valence-corrected chi connectivity index (χ4v) is 8.19. The molecule has 3 aliphatic rings. The highest BCUT2D eigenvalue weighted by molar-refractivity contribution is 6.32. The summed E-state index contributed by atoms with van der Waals surface area (Å²) in [4.78, 5) is 68.7. The van der Waals surface area contributed by atoms with Crippen molar-refractivity contribution < 1.29 is 34.2 Å². The molecule has 220 valence electrons. The lowest BCUT2D eigenvalue weighted by Gasteiger charge is -2.62. The maximum Gasteiger partial charge on any atom is 0.190 e. The van der Waals surface area contributed by atoms with Crippen LogP contribution in [0.1, 0.15) is 108 Å². The average Bonchev–Trinajstić information content (AvgIpc) is 2.81. The Morgan fingerprint density at radius 3 is 2.17 bits per heavy atom. The maximum absolute atomic E-state index is 14.4. The van der Waals surface area contributed by atoms with Crippen LogP contribution < -0.4 is 0 Å². The molecule has 3 unspecified atom stereocenters. The minimum absolute atomic E-state index is 0.0101. The van der Waals surface area contributed by atoms with Gasteiger partial charge in [0.25, 0.3) is 0 Å². The quantitative estimate of drug-likeness (QED) is 0.405. The van der Waals surface area contributed by atoms with E-state index in [1.54, 1.807) is 27.7 Å². The van der Waals surface area contributed by atoms with Crippen LogP contribution >= 0.6 is 0 Å². The van der Waals surface area contributed by atoms with Gasteiger partial charge in [-0.25, -0.2) is 0 Å². The molecule has 0 saturated heterocycles. The molecule has 2 fully saturated rings. The predicted octanol–water partition coefficient (Wildman–Crippen LogP) is 4.61. The number of phenols is 1. The standard InChI is InChI=1S/C34H42O7/c1-16(2)11-10-12-20-13-21(17(3)4)22-14-32(8)15-33(9)25(18(5)6)28(37)23(19(7)35)30(39)34(33,41)31(40)26(32)29(38)24(22)27(20)36/h13,16-18,23,25-26,36,41H,11,14-15H2,1-9H3/t23?,25?,26?,32-,33-,34+/m1/s1. The first-order valence-corrected chi connectivity index (χ1v) is 14.6. The zero-order chi connectivity index (χ0) is 31.0. The first-order valence-electron chi connectivity index (χ1n) is 14.6. The Bertz CT molecular complexity index is 1440. The third-order valence-corrected chi connectivity index (χ3v) is 9.77. The number of hydrogen-bond donors (Lipinski definition) is 2. The number of ketones is 5. The minimum atomic E-state index is -2.70. The van der Waals surface area contributed by atoms with Gasteiger partial charge in [-0.1, -0.05) is 67.2 Å². The van der Waals surface area contributed by atoms with Crippen LogP contribution in [0.25, 0.3) is 0 Å². The molecule has 2 N–H and O–H groups in total. The monoisotopic (exact) mass is 562 g/mol. The van der Waals surface area contributed by atoms with E-state index in [1.807, 2.05) is 33.8 Å². The minimum Gasteiger partial charge on any atom is -0.506 e. The number of carbonyl (C=O) groups excluding carboxylic acids is 5. The summed E-state index contributed by atoms with van der Waals surface area (Å²) >= 11 is 0. The highest BCUT2D eigenvalue weighted by Crippen LogP contribution is 2.64. The van der Waals surface area contributed by atoms with Gasteiger partial charge in [0.2, 0.25) is 0 Å². The molecule has 1 aromatic rings. The van der Waals surface area contributed by atoms with Crippen LogP contribution in [0.3, 0.4) is 0 Å². The molecule has 0 bridgehead atoms. The zero-order valence-electron chi connectivity index (χ0n) is 25.6. The Kier molecular flexibility index (Phi) is 7.53. The molecule has 0 heterocycles. The van der Waals surface area contributed by atoms with Gasteiger partial charge in [-0.15, -0.1) is 0 Å². The van der Waals surface area contributed by atoms with Crippen molar-refractivity contribution in [2.24, 2.45) is 40.4 Å². The average molecular weight is 563 g/mol. The third kappa shape index (κ3) is 4.24. The summed E-state index contributed by atoms with van der Waals surface area (Å²) in [5.74, 6) is -2.57. The summed E-state index contributed by atoms with van der Waals surface area (Å²) in [6, 6.07) is 1.81. The SMILES string of the molecule is CC(=O)C1C(=O)C(C(C)C)[C@@]2(C)C[C@@]3(C)Cc4c(C(C)C)cc(C#CCC(C)C)c(O)c4C(=O)C3C(=O)[C@@]2(O)C1=O. The normalized spacial score (nSPS) is 33.0. The van der Waals surface area contributed by atoms with Crippen LogP contribution in [0, 0.1) is 52.3 Å². The van der Waals surface area contributed by atoms with Crippen molar-refractivity contribution in [3.63, 3.8) is 0 Å². The molecule has 0 amide bonds. The highest BCUT2D eigenvalue weighted by Gasteiger charge is 2.76. The lowest BCUT2D eigenvalue weighted by atomic mass is 9.39. The summed E-state index contributed by atoms with van der Waals surface area (Å²) in [5.41, 5.74) is -3.48. The molecule has 3 aliphatic carbocycles. The Morgan fingerprint density at radius 2 is 1.66 bits per heavy atom. The summed E-state index contributed by atoms with van der Waals surface area (Å²) in [7, 11) is 0. The molecule has 1 aromatic carbocycles. The topological polar surface area (TPSA) is 126 Å². The third-order valence-electron chi connectivity index (χ3n) is 9.77. The van der Waals surface area contributed by atoms with Crippen molar-refractivity contribution in [1.82, 2.24) is 0 Å². The molecule has 7 heteroatoms. The van der Waals surface area contributed by atoms with Gasteiger partial charge in [-0.05, 0) is 60.1 Å². The van der Waals surface area contributed by atoms with E-state index in [-0.39, 0.29) is 36.0 Å². The summed E-state index contributed by atoms with van der Waals surface area (Å²) in [5, 5.41) is 23.5. The van der Waals surface area contributed by atoms with Crippen molar-refractivity contribution in [1.29, 1.82) is 0 Å². The van der Waals surface area contributed by atoms with Crippen molar-refractivity contribution in [2.75, 3.05) is 0 Å². The summed E-state index contributed by atoms with van der Waals surface area (Å²) in [6.45, 7) is 16.1. The van der Waals surface area contributed by atoms with Gasteiger partial charge in [0, 0.05) is 17.8 Å². The van der Waals surface area contributed by atoms with Gasteiger partial charge in [0.15, 0.2) is 28.7 Å². The number of aromatic hydroxyl groups is 1. The van der Waals surface area contributed by atoms with Crippen LogP contribution in [0.5, 0.6) is 5.75 Å². The van der Waals surface area contributed by atoms with Gasteiger partial charge in [0.05, 0.1) is 17.0 Å². The molecule has 2 saturated carbocycles. The van der Waals surface area contributed by atoms with Crippen molar-refractivity contribution in [3.8, 4) is 17.6 Å². The molecule has 0 aromatic heterocycles. The Labute approximate surface area is 242 Å². The summed E-state index contributed by atoms with van der Waals surface area (Å²) < 4.78 is 0. The van der Waals surface area contributed by atoms with E-state index >= 15 is 0 Å². The second-order valence-electron chi connectivity index (χ2n) is 14.1. The highest BCUT2D eigenvalue weighted by atomic mass is 16.3. The lowest BCUT2D eigenvalue weighted by Crippen LogP contribution is -2.76. The number of hydrogen-bond acceptors (Lipinski definition) is 7. The van der Waals surface area contributed by atoms with Crippen LogP contribution in [-0.2, 0) is 25.6 Å². The molecule has 41 heavy (non-hydrogen) atoms. The van der Waals surface area contributed by atoms with E-state index in [1.165, 1.54) is 0 Å². The van der Waals surface area contributed by atoms with Gasteiger partial charge in [-0.2, -0.15) is 0 Å². The van der Waals surface area contributed by atoms with Gasteiger partial charge in [-0.3, -0.25) is 24.0 Å². The fourth-order valence-electron chi connectivity index (χ4n) is 8.19. The molecular formula is C34H42O7. The molecule has 0 aliphatic heterocycles. The van der Waals surface area contributed by atoms with Crippen molar-refractivity contribution >= 4 is 28.9 Å². The van der Waals surface area contributed by atoms with E-state index in [0.29, 0.717) is 23.5 Å². The zero-order valence-corrected chi connectivity index (χ0v) is 25.6. The van der Waals surface area contributed by atoms with Crippen LogP contribution in [0.15, 0.2) is 6.07 Å². The predicted molar refractivity (Wildman–Crippen MR) is 153 cm³/mol.